The van der Waals surface area contributed by atoms with Gasteiger partial charge in [-0.3, -0.25) is 4.79 Å². The minimum absolute atomic E-state index is 0.0251. The number of fused-ring (bicyclic) bond motifs is 1. The molecule has 1 aliphatic heterocycles. The van der Waals surface area contributed by atoms with Crippen LogP contribution in [0.1, 0.15) is 48.9 Å². The van der Waals surface area contributed by atoms with Crippen molar-refractivity contribution < 1.29 is 4.79 Å². The summed E-state index contributed by atoms with van der Waals surface area (Å²) in [6.45, 7) is 3.35. The Hall–Kier alpha value is -2.51. The topological polar surface area (TPSA) is 70.2 Å². The fourth-order valence-corrected chi connectivity index (χ4v) is 5.46. The van der Waals surface area contributed by atoms with Crippen molar-refractivity contribution in [1.29, 1.82) is 0 Å². The van der Waals surface area contributed by atoms with Crippen LogP contribution in [0.15, 0.2) is 36.5 Å². The number of benzene rings is 1. The van der Waals surface area contributed by atoms with E-state index in [1.807, 2.05) is 24.4 Å². The first-order chi connectivity index (χ1) is 15.7. The number of nitrogens with zero attached hydrogens (tertiary/aromatic N) is 3. The van der Waals surface area contributed by atoms with Crippen LogP contribution in [0.5, 0.6) is 0 Å². The Morgan fingerprint density at radius 3 is 2.84 bits per heavy atom. The summed E-state index contributed by atoms with van der Waals surface area (Å²) >= 11 is 1.67. The van der Waals surface area contributed by atoms with Crippen molar-refractivity contribution in [2.75, 3.05) is 32.0 Å². The van der Waals surface area contributed by atoms with Crippen molar-refractivity contribution in [3.8, 4) is 10.6 Å². The maximum absolute atomic E-state index is 12.6. The van der Waals surface area contributed by atoms with Gasteiger partial charge in [-0.05, 0) is 88.8 Å². The Bertz CT molecular complexity index is 1080. The monoisotopic (exact) mass is 449 g/mol. The molecule has 0 bridgehead atoms. The third-order valence-corrected chi connectivity index (χ3v) is 7.66. The smallest absolute Gasteiger partial charge is 0.252 e. The highest BCUT2D eigenvalue weighted by atomic mass is 32.1. The Labute approximate surface area is 193 Å². The molecule has 2 N–H and O–H groups in total. The van der Waals surface area contributed by atoms with E-state index in [4.69, 9.17) is 4.98 Å². The molecule has 3 heterocycles. The van der Waals surface area contributed by atoms with E-state index < -0.39 is 0 Å². The minimum atomic E-state index is 0.0251. The molecular formula is C25H31N5OS. The summed E-state index contributed by atoms with van der Waals surface area (Å²) in [5.74, 6) is 1.55. The molecule has 3 aromatic rings. The van der Waals surface area contributed by atoms with Crippen LogP contribution >= 0.6 is 11.3 Å². The molecule has 6 nitrogen and oxygen atoms in total. The lowest BCUT2D eigenvalue weighted by Gasteiger charge is -2.28. The number of carbonyl (C=O) groups excluding carboxylic acids is 1. The van der Waals surface area contributed by atoms with Gasteiger partial charge in [-0.15, -0.1) is 11.3 Å². The Morgan fingerprint density at radius 1 is 1.19 bits per heavy atom. The number of anilines is 1. The summed E-state index contributed by atoms with van der Waals surface area (Å²) in [7, 11) is 2.21. The van der Waals surface area contributed by atoms with Crippen molar-refractivity contribution in [2.45, 2.75) is 44.6 Å². The van der Waals surface area contributed by atoms with Crippen molar-refractivity contribution in [1.82, 2.24) is 20.2 Å². The zero-order chi connectivity index (χ0) is 21.9. The molecule has 7 heteroatoms. The normalized spacial score (nSPS) is 17.5. The molecule has 1 amide bonds. The van der Waals surface area contributed by atoms with E-state index in [2.05, 4.69) is 39.7 Å². The first-order valence-electron chi connectivity index (χ1n) is 11.7. The lowest BCUT2D eigenvalue weighted by Crippen LogP contribution is -2.30. The van der Waals surface area contributed by atoms with Gasteiger partial charge < -0.3 is 15.5 Å². The third-order valence-electron chi connectivity index (χ3n) is 6.54. The molecule has 0 unspecified atom stereocenters. The largest absolute Gasteiger partial charge is 0.354 e. The van der Waals surface area contributed by atoms with Gasteiger partial charge in [-0.1, -0.05) is 6.07 Å². The molecule has 2 fully saturated rings. The van der Waals surface area contributed by atoms with Gasteiger partial charge in [0.2, 0.25) is 5.95 Å². The first kappa shape index (κ1) is 21.3. The number of piperidine rings is 1. The summed E-state index contributed by atoms with van der Waals surface area (Å²) in [4.78, 5) is 25.3. The van der Waals surface area contributed by atoms with Crippen molar-refractivity contribution >= 4 is 33.3 Å². The summed E-state index contributed by atoms with van der Waals surface area (Å²) in [5.41, 5.74) is 1.64. The van der Waals surface area contributed by atoms with Gasteiger partial charge in [-0.2, -0.15) is 0 Å². The number of aromatic nitrogens is 2. The van der Waals surface area contributed by atoms with E-state index >= 15 is 0 Å². The molecule has 1 saturated carbocycles. The molecular weight excluding hydrogens is 418 g/mol. The third kappa shape index (κ3) is 5.10. The summed E-state index contributed by atoms with van der Waals surface area (Å²) in [6, 6.07) is 10.3. The maximum Gasteiger partial charge on any atom is 0.252 e. The van der Waals surface area contributed by atoms with Crippen molar-refractivity contribution in [3.63, 3.8) is 0 Å². The lowest BCUT2D eigenvalue weighted by molar-refractivity contribution is 0.0953. The average molecular weight is 450 g/mol. The van der Waals surface area contributed by atoms with Gasteiger partial charge >= 0.3 is 0 Å². The number of hydrogen-bond acceptors (Lipinski definition) is 6. The molecule has 5 rings (SSSR count). The van der Waals surface area contributed by atoms with Crippen molar-refractivity contribution in [2.24, 2.45) is 5.92 Å². The van der Waals surface area contributed by atoms with Crippen LogP contribution in [-0.2, 0) is 0 Å². The van der Waals surface area contributed by atoms with Crippen LogP contribution in [-0.4, -0.2) is 53.5 Å². The molecule has 0 radical (unpaired) electrons. The highest BCUT2D eigenvalue weighted by Crippen LogP contribution is 2.35. The second-order valence-electron chi connectivity index (χ2n) is 9.16. The summed E-state index contributed by atoms with van der Waals surface area (Å²) in [5, 5.41) is 7.50. The zero-order valence-corrected chi connectivity index (χ0v) is 19.5. The Balaban J connectivity index is 1.23. The molecule has 32 heavy (non-hydrogen) atoms. The molecule has 168 valence electrons. The number of amides is 1. The van der Waals surface area contributed by atoms with Crippen LogP contribution in [0.25, 0.3) is 20.7 Å². The van der Waals surface area contributed by atoms with Gasteiger partial charge in [0.05, 0.1) is 10.6 Å². The van der Waals surface area contributed by atoms with E-state index in [0.717, 1.165) is 57.9 Å². The van der Waals surface area contributed by atoms with Gasteiger partial charge in [0.15, 0.2) is 0 Å². The van der Waals surface area contributed by atoms with E-state index in [9.17, 15) is 4.79 Å². The number of hydrogen-bond donors (Lipinski definition) is 2. The SMILES string of the molecule is CN1CCC(CCCNc2nccc(-c3cc4c(C(=O)NC5CC5)cccc4s3)n2)CC1. The van der Waals surface area contributed by atoms with Gasteiger partial charge in [0, 0.05) is 34.4 Å². The molecule has 1 aromatic carbocycles. The standard InChI is InChI=1S/C25H31N5OS/c1-30-14-10-17(11-15-30)4-3-12-26-25-27-13-9-21(29-25)23-16-20-19(5-2-6-22(20)32-23)24(31)28-18-7-8-18/h2,5-6,9,13,16-18H,3-4,7-8,10-12,14-15H2,1H3,(H,28,31)(H,26,27,29). The molecule has 2 aromatic heterocycles. The van der Waals surface area contributed by atoms with Gasteiger partial charge in [0.1, 0.15) is 0 Å². The summed E-state index contributed by atoms with van der Waals surface area (Å²) in [6.07, 6.45) is 9.03. The van der Waals surface area contributed by atoms with E-state index in [0.29, 0.717) is 12.0 Å². The number of rotatable bonds is 8. The minimum Gasteiger partial charge on any atom is -0.354 e. The van der Waals surface area contributed by atoms with Crippen LogP contribution in [0.3, 0.4) is 0 Å². The summed E-state index contributed by atoms with van der Waals surface area (Å²) < 4.78 is 1.11. The molecule has 1 aliphatic carbocycles. The van der Waals surface area contributed by atoms with Crippen LogP contribution in [0, 0.1) is 5.92 Å². The average Bonchev–Trinajstić information content (AvgIpc) is 3.51. The van der Waals surface area contributed by atoms with E-state index in [1.54, 1.807) is 11.3 Å². The fraction of sp³-hybridized carbons (Fsp3) is 0.480. The predicted molar refractivity (Wildman–Crippen MR) is 131 cm³/mol. The number of carbonyl (C=O) groups is 1. The lowest BCUT2D eigenvalue weighted by atomic mass is 9.92. The molecule has 1 saturated heterocycles. The first-order valence-corrected chi connectivity index (χ1v) is 12.6. The second-order valence-corrected chi connectivity index (χ2v) is 10.2. The van der Waals surface area contributed by atoms with E-state index in [1.165, 1.54) is 32.4 Å². The van der Waals surface area contributed by atoms with Crippen LogP contribution in [0.4, 0.5) is 5.95 Å². The fourth-order valence-electron chi connectivity index (χ4n) is 4.40. The Morgan fingerprint density at radius 2 is 2.03 bits per heavy atom. The van der Waals surface area contributed by atoms with Gasteiger partial charge in [-0.25, -0.2) is 9.97 Å². The van der Waals surface area contributed by atoms with Crippen molar-refractivity contribution in [3.05, 3.63) is 42.1 Å². The quantitative estimate of drug-likeness (QED) is 0.484. The highest BCUT2D eigenvalue weighted by Gasteiger charge is 2.25. The zero-order valence-electron chi connectivity index (χ0n) is 18.6. The highest BCUT2D eigenvalue weighted by molar-refractivity contribution is 7.22. The van der Waals surface area contributed by atoms with Gasteiger partial charge in [0.25, 0.3) is 5.91 Å². The second kappa shape index (κ2) is 9.55. The predicted octanol–water partition coefficient (Wildman–Crippen LogP) is 4.78. The molecule has 0 atom stereocenters. The molecule has 0 spiro atoms. The Kier molecular flexibility index (Phi) is 6.37. The molecule has 2 aliphatic rings. The maximum atomic E-state index is 12.6. The number of nitrogens with one attached hydrogen (secondary N) is 2. The van der Waals surface area contributed by atoms with Crippen LogP contribution < -0.4 is 10.6 Å². The van der Waals surface area contributed by atoms with Crippen LogP contribution in [0.2, 0.25) is 0 Å². The number of likely N-dealkylation sites (tertiary alicyclic amines) is 1. The number of thiophene rings is 1. The van der Waals surface area contributed by atoms with E-state index in [-0.39, 0.29) is 5.91 Å².